The van der Waals surface area contributed by atoms with Gasteiger partial charge in [-0.25, -0.2) is 4.98 Å². The zero-order chi connectivity index (χ0) is 17.1. The number of nitrogens with zero attached hydrogens (tertiary/aromatic N) is 5. The van der Waals surface area contributed by atoms with Crippen LogP contribution in [0.15, 0.2) is 35.7 Å². The predicted molar refractivity (Wildman–Crippen MR) is 98.6 cm³/mol. The minimum Gasteiger partial charge on any atom is -0.310 e. The molecule has 0 saturated carbocycles. The Balaban J connectivity index is 1.67. The summed E-state index contributed by atoms with van der Waals surface area (Å²) in [7, 11) is 0. The van der Waals surface area contributed by atoms with Gasteiger partial charge in [0.2, 0.25) is 0 Å². The zero-order valence-electron chi connectivity index (χ0n) is 13.7. The lowest BCUT2D eigenvalue weighted by Crippen LogP contribution is -2.05. The van der Waals surface area contributed by atoms with Gasteiger partial charge in [0.05, 0.1) is 11.3 Å². The molecule has 3 aromatic rings. The highest BCUT2D eigenvalue weighted by molar-refractivity contribution is 7.10. The molecule has 25 heavy (non-hydrogen) atoms. The van der Waals surface area contributed by atoms with Gasteiger partial charge in [-0.15, -0.1) is 21.5 Å². The van der Waals surface area contributed by atoms with Crippen molar-refractivity contribution in [2.75, 3.05) is 0 Å². The smallest absolute Gasteiger partial charge is 0.174 e. The normalized spacial score (nSPS) is 14.6. The van der Waals surface area contributed by atoms with Crippen molar-refractivity contribution < 1.29 is 0 Å². The summed E-state index contributed by atoms with van der Waals surface area (Å²) in [6, 6.07) is 12.3. The summed E-state index contributed by atoms with van der Waals surface area (Å²) >= 11 is 1.53. The first kappa shape index (κ1) is 15.7. The molecule has 0 unspecified atom stereocenters. The van der Waals surface area contributed by atoms with Crippen LogP contribution in [0, 0.1) is 11.3 Å². The van der Waals surface area contributed by atoms with Gasteiger partial charge in [0.1, 0.15) is 16.9 Å². The lowest BCUT2D eigenvalue weighted by atomic mass is 10.2. The molecule has 2 aromatic heterocycles. The van der Waals surface area contributed by atoms with Crippen LogP contribution in [0.3, 0.4) is 0 Å². The van der Waals surface area contributed by atoms with Crippen molar-refractivity contribution in [3.05, 3.63) is 52.4 Å². The first-order valence-electron chi connectivity index (χ1n) is 8.40. The van der Waals surface area contributed by atoms with Crippen molar-refractivity contribution in [2.24, 2.45) is 0 Å². The first-order chi connectivity index (χ1) is 12.3. The molecule has 0 saturated heterocycles. The number of benzene rings is 1. The lowest BCUT2D eigenvalue weighted by Gasteiger charge is -2.05. The molecule has 0 bridgehead atoms. The second-order valence-corrected chi connectivity index (χ2v) is 6.90. The van der Waals surface area contributed by atoms with Crippen molar-refractivity contribution in [2.45, 2.75) is 32.2 Å². The molecule has 0 radical (unpaired) electrons. The van der Waals surface area contributed by atoms with Gasteiger partial charge in [-0.2, -0.15) is 5.26 Å². The van der Waals surface area contributed by atoms with Crippen LogP contribution in [0.1, 0.15) is 35.9 Å². The first-order valence-corrected chi connectivity index (χ1v) is 9.28. The minimum atomic E-state index is 0.523. The van der Waals surface area contributed by atoms with Gasteiger partial charge in [0.15, 0.2) is 5.82 Å². The summed E-state index contributed by atoms with van der Waals surface area (Å²) in [6.07, 6.45) is 6.19. The Kier molecular flexibility index (Phi) is 4.40. The monoisotopic (exact) mass is 347 g/mol. The number of aromatic nitrogens is 4. The van der Waals surface area contributed by atoms with E-state index in [1.54, 1.807) is 0 Å². The Labute approximate surface area is 150 Å². The van der Waals surface area contributed by atoms with E-state index in [0.717, 1.165) is 47.9 Å². The van der Waals surface area contributed by atoms with Crippen molar-refractivity contribution in [3.63, 3.8) is 0 Å². The van der Waals surface area contributed by atoms with Crippen molar-refractivity contribution >= 4 is 23.0 Å². The van der Waals surface area contributed by atoms with Crippen LogP contribution in [0.4, 0.5) is 0 Å². The topological polar surface area (TPSA) is 67.4 Å². The van der Waals surface area contributed by atoms with Gasteiger partial charge in [0.25, 0.3) is 0 Å². The zero-order valence-corrected chi connectivity index (χ0v) is 14.5. The molecule has 0 N–H and O–H groups in total. The molecular weight excluding hydrogens is 330 g/mol. The third-order valence-corrected chi connectivity index (χ3v) is 5.12. The number of aryl methyl sites for hydroxylation is 1. The Morgan fingerprint density at radius 3 is 2.88 bits per heavy atom. The van der Waals surface area contributed by atoms with Crippen LogP contribution in [-0.2, 0) is 13.0 Å². The highest BCUT2D eigenvalue weighted by Gasteiger charge is 2.18. The average molecular weight is 347 g/mol. The van der Waals surface area contributed by atoms with Crippen LogP contribution in [-0.4, -0.2) is 19.7 Å². The quantitative estimate of drug-likeness (QED) is 0.666. The van der Waals surface area contributed by atoms with Crippen molar-refractivity contribution in [3.8, 4) is 17.3 Å². The van der Waals surface area contributed by atoms with E-state index in [1.807, 2.05) is 41.8 Å². The highest BCUT2D eigenvalue weighted by Crippen LogP contribution is 2.25. The molecular formula is C19H17N5S. The Morgan fingerprint density at radius 1 is 1.16 bits per heavy atom. The van der Waals surface area contributed by atoms with Gasteiger partial charge in [-0.1, -0.05) is 36.8 Å². The second-order valence-electron chi connectivity index (χ2n) is 6.01. The van der Waals surface area contributed by atoms with E-state index >= 15 is 0 Å². The number of allylic oxidation sites excluding steroid dienone is 1. The fourth-order valence-corrected chi connectivity index (χ4v) is 3.81. The summed E-state index contributed by atoms with van der Waals surface area (Å²) < 4.78 is 2.09. The van der Waals surface area contributed by atoms with Gasteiger partial charge in [-0.05, 0) is 18.9 Å². The van der Waals surface area contributed by atoms with E-state index in [2.05, 4.69) is 25.8 Å². The van der Waals surface area contributed by atoms with Crippen LogP contribution in [0.2, 0.25) is 0 Å². The van der Waals surface area contributed by atoms with Crippen LogP contribution >= 0.6 is 11.3 Å². The molecule has 0 spiro atoms. The summed E-state index contributed by atoms with van der Waals surface area (Å²) in [5, 5.41) is 21.0. The summed E-state index contributed by atoms with van der Waals surface area (Å²) in [5.41, 5.74) is 2.53. The van der Waals surface area contributed by atoms with Crippen LogP contribution < -0.4 is 0 Å². The van der Waals surface area contributed by atoms with Gasteiger partial charge in [0, 0.05) is 23.9 Å². The molecule has 0 amide bonds. The Hall–Kier alpha value is -2.78. The fourth-order valence-electron chi connectivity index (χ4n) is 3.05. The largest absolute Gasteiger partial charge is 0.310 e. The molecule has 1 aliphatic rings. The molecule has 1 aliphatic heterocycles. The molecule has 0 aliphatic carbocycles. The number of thiazole rings is 1. The van der Waals surface area contributed by atoms with E-state index in [1.165, 1.54) is 17.8 Å². The molecule has 3 heterocycles. The summed E-state index contributed by atoms with van der Waals surface area (Å²) in [4.78, 5) is 4.64. The van der Waals surface area contributed by atoms with Gasteiger partial charge in [-0.3, -0.25) is 0 Å². The van der Waals surface area contributed by atoms with Gasteiger partial charge >= 0.3 is 0 Å². The maximum absolute atomic E-state index is 9.63. The maximum atomic E-state index is 9.63. The van der Waals surface area contributed by atoms with Crippen molar-refractivity contribution in [1.29, 1.82) is 5.26 Å². The van der Waals surface area contributed by atoms with E-state index < -0.39 is 0 Å². The molecule has 0 atom stereocenters. The van der Waals surface area contributed by atoms with Crippen LogP contribution in [0.5, 0.6) is 0 Å². The molecule has 0 fully saturated rings. The standard InChI is InChI=1S/C19H17N5S/c20-12-15(19-23-22-17-9-5-2-6-10-24(17)19)11-18-21-16(13-25-18)14-7-3-1-4-8-14/h1,3-4,7-8,11,13H,2,5-6,9-10H2/b15-11-. The number of hydrogen-bond acceptors (Lipinski definition) is 5. The number of nitriles is 1. The number of fused-ring (bicyclic) bond motifs is 1. The molecule has 1 aromatic carbocycles. The van der Waals surface area contributed by atoms with Crippen LogP contribution in [0.25, 0.3) is 22.9 Å². The predicted octanol–water partition coefficient (Wildman–Crippen LogP) is 4.19. The lowest BCUT2D eigenvalue weighted by molar-refractivity contribution is 0.627. The average Bonchev–Trinajstić information content (AvgIpc) is 3.21. The minimum absolute atomic E-state index is 0.523. The maximum Gasteiger partial charge on any atom is 0.174 e. The molecule has 5 nitrogen and oxygen atoms in total. The second kappa shape index (κ2) is 6.99. The van der Waals surface area contributed by atoms with E-state index in [9.17, 15) is 5.26 Å². The Bertz CT molecular complexity index is 946. The Morgan fingerprint density at radius 2 is 2.04 bits per heavy atom. The molecule has 6 heteroatoms. The number of hydrogen-bond donors (Lipinski definition) is 0. The van der Waals surface area contributed by atoms with Gasteiger partial charge < -0.3 is 4.57 Å². The van der Waals surface area contributed by atoms with E-state index in [4.69, 9.17) is 0 Å². The SMILES string of the molecule is N#C/C(=C/c1nc(-c2ccccc2)cs1)c1nnc2n1CCCCC2. The molecule has 124 valence electrons. The summed E-state index contributed by atoms with van der Waals surface area (Å²) in [5.74, 6) is 1.65. The third-order valence-electron chi connectivity index (χ3n) is 4.33. The highest BCUT2D eigenvalue weighted by atomic mass is 32.1. The van der Waals surface area contributed by atoms with Crippen molar-refractivity contribution in [1.82, 2.24) is 19.7 Å². The van der Waals surface area contributed by atoms with E-state index in [-0.39, 0.29) is 0 Å². The third kappa shape index (κ3) is 3.24. The van der Waals surface area contributed by atoms with E-state index in [0.29, 0.717) is 11.4 Å². The number of rotatable bonds is 3. The fraction of sp³-hybridized carbons (Fsp3) is 0.263. The molecule has 4 rings (SSSR count). The summed E-state index contributed by atoms with van der Waals surface area (Å²) in [6.45, 7) is 0.879.